The van der Waals surface area contributed by atoms with E-state index in [1.807, 2.05) is 6.20 Å². The average molecular weight is 365 g/mol. The van der Waals surface area contributed by atoms with Crippen LogP contribution in [-0.2, 0) is 28.7 Å². The van der Waals surface area contributed by atoms with Gasteiger partial charge >= 0.3 is 0 Å². The Balaban J connectivity index is 0.00000225. The molecule has 1 N–H and O–H groups in total. The van der Waals surface area contributed by atoms with Gasteiger partial charge in [0, 0.05) is 23.2 Å². The molecule has 138 valence electrons. The Morgan fingerprint density at radius 3 is 2.12 bits per heavy atom. The summed E-state index contributed by atoms with van der Waals surface area (Å²) in [6.45, 7) is 14.9. The number of benzene rings is 1. The first kappa shape index (κ1) is 19.8. The first-order valence-electron chi connectivity index (χ1n) is 8.59. The minimum absolute atomic E-state index is 0. The van der Waals surface area contributed by atoms with E-state index in [0.29, 0.717) is 19.0 Å². The second-order valence-electron chi connectivity index (χ2n) is 8.68. The minimum atomic E-state index is -0.131. The van der Waals surface area contributed by atoms with Crippen LogP contribution in [0.4, 0.5) is 0 Å². The summed E-state index contributed by atoms with van der Waals surface area (Å²) in [6.07, 6.45) is 1.93. The maximum Gasteiger partial charge on any atom is 0.135 e. The largest absolute Gasteiger partial charge is 0.507 e. The molecule has 2 aromatic rings. The molecule has 2 heterocycles. The number of aromatic nitrogens is 2. The maximum absolute atomic E-state index is 10.9. The van der Waals surface area contributed by atoms with Crippen molar-refractivity contribution < 1.29 is 9.84 Å². The quantitative estimate of drug-likeness (QED) is 0.790. The summed E-state index contributed by atoms with van der Waals surface area (Å²) in [5, 5.41) is 10.9. The summed E-state index contributed by atoms with van der Waals surface area (Å²) < 4.78 is 7.73. The van der Waals surface area contributed by atoms with Gasteiger partial charge in [-0.25, -0.2) is 4.98 Å². The lowest BCUT2D eigenvalue weighted by molar-refractivity contribution is 0.0821. The van der Waals surface area contributed by atoms with Gasteiger partial charge in [-0.3, -0.25) is 0 Å². The number of aromatic hydroxyl groups is 1. The molecular formula is C20H29ClN2O2. The second kappa shape index (κ2) is 6.65. The topological polar surface area (TPSA) is 47.3 Å². The summed E-state index contributed by atoms with van der Waals surface area (Å²) in [6, 6.07) is 4.23. The van der Waals surface area contributed by atoms with Crippen LogP contribution in [0.3, 0.4) is 0 Å². The Bertz CT molecular complexity index is 732. The van der Waals surface area contributed by atoms with Crippen molar-refractivity contribution in [2.75, 3.05) is 6.61 Å². The fourth-order valence-electron chi connectivity index (χ4n) is 3.25. The van der Waals surface area contributed by atoms with E-state index in [-0.39, 0.29) is 23.2 Å². The summed E-state index contributed by atoms with van der Waals surface area (Å²) in [4.78, 5) is 4.51. The van der Waals surface area contributed by atoms with Crippen LogP contribution in [0.1, 0.15) is 58.5 Å². The summed E-state index contributed by atoms with van der Waals surface area (Å²) in [7, 11) is 0. The van der Waals surface area contributed by atoms with Crippen LogP contribution in [-0.4, -0.2) is 21.3 Å². The van der Waals surface area contributed by atoms with E-state index in [0.717, 1.165) is 34.8 Å². The monoisotopic (exact) mass is 364 g/mol. The molecule has 0 unspecified atom stereocenters. The number of halogens is 1. The number of phenolic OH excluding ortho intramolecular Hbond substituents is 1. The van der Waals surface area contributed by atoms with Crippen molar-refractivity contribution in [3.05, 3.63) is 35.3 Å². The normalized spacial score (nSPS) is 14.8. The Labute approximate surface area is 156 Å². The van der Waals surface area contributed by atoms with Crippen LogP contribution < -0.4 is 0 Å². The van der Waals surface area contributed by atoms with Crippen LogP contribution in [0.15, 0.2) is 18.3 Å². The Kier molecular flexibility index (Phi) is 5.27. The minimum Gasteiger partial charge on any atom is -0.507 e. The predicted octanol–water partition coefficient (Wildman–Crippen LogP) is 4.80. The van der Waals surface area contributed by atoms with E-state index in [1.54, 1.807) is 0 Å². The van der Waals surface area contributed by atoms with E-state index < -0.39 is 0 Å². The number of hydrogen-bond acceptors (Lipinski definition) is 3. The zero-order chi connectivity index (χ0) is 17.7. The number of hydrogen-bond donors (Lipinski definition) is 1. The number of rotatable bonds is 1. The van der Waals surface area contributed by atoms with E-state index in [1.165, 1.54) is 0 Å². The fourth-order valence-corrected chi connectivity index (χ4v) is 3.25. The Morgan fingerprint density at radius 1 is 1.04 bits per heavy atom. The smallest absolute Gasteiger partial charge is 0.135 e. The van der Waals surface area contributed by atoms with Crippen molar-refractivity contribution in [2.45, 2.75) is 65.5 Å². The average Bonchev–Trinajstić information content (AvgIpc) is 2.89. The molecule has 1 aromatic carbocycles. The molecule has 1 aliphatic heterocycles. The SMILES string of the molecule is CC(C)(C)c1cc(-c2cnc3n2CCOC3)cc(C(C)(C)C)c1O.Cl. The number of phenols is 1. The van der Waals surface area contributed by atoms with E-state index in [9.17, 15) is 5.11 Å². The zero-order valence-corrected chi connectivity index (χ0v) is 16.8. The van der Waals surface area contributed by atoms with Gasteiger partial charge < -0.3 is 14.4 Å². The molecule has 3 rings (SSSR count). The molecule has 0 aliphatic carbocycles. The summed E-state index contributed by atoms with van der Waals surface area (Å²) >= 11 is 0. The highest BCUT2D eigenvalue weighted by Gasteiger charge is 2.28. The molecule has 0 atom stereocenters. The third kappa shape index (κ3) is 3.70. The lowest BCUT2D eigenvalue weighted by Gasteiger charge is -2.28. The van der Waals surface area contributed by atoms with Crippen LogP contribution in [0.5, 0.6) is 5.75 Å². The highest BCUT2D eigenvalue weighted by molar-refractivity contribution is 5.85. The van der Waals surface area contributed by atoms with Crippen LogP contribution in [0.2, 0.25) is 0 Å². The van der Waals surface area contributed by atoms with Crippen molar-refractivity contribution >= 4 is 12.4 Å². The summed E-state index contributed by atoms with van der Waals surface area (Å²) in [5.74, 6) is 1.39. The molecule has 1 aliphatic rings. The maximum atomic E-state index is 10.9. The highest BCUT2D eigenvalue weighted by atomic mass is 35.5. The van der Waals surface area contributed by atoms with Gasteiger partial charge in [-0.2, -0.15) is 0 Å². The van der Waals surface area contributed by atoms with Crippen LogP contribution in [0.25, 0.3) is 11.3 Å². The molecule has 0 saturated heterocycles. The molecule has 0 radical (unpaired) electrons. The van der Waals surface area contributed by atoms with E-state index in [4.69, 9.17) is 4.74 Å². The number of fused-ring (bicyclic) bond motifs is 1. The van der Waals surface area contributed by atoms with E-state index >= 15 is 0 Å². The molecule has 0 bridgehead atoms. The zero-order valence-electron chi connectivity index (χ0n) is 16.0. The van der Waals surface area contributed by atoms with Gasteiger partial charge in [0.25, 0.3) is 0 Å². The van der Waals surface area contributed by atoms with Gasteiger partial charge in [-0.15, -0.1) is 12.4 Å². The highest BCUT2D eigenvalue weighted by Crippen LogP contribution is 2.42. The molecule has 0 spiro atoms. The van der Waals surface area contributed by atoms with Gasteiger partial charge in [-0.1, -0.05) is 41.5 Å². The molecule has 0 amide bonds. The van der Waals surface area contributed by atoms with Crippen molar-refractivity contribution in [3.63, 3.8) is 0 Å². The number of imidazole rings is 1. The number of nitrogens with zero attached hydrogens (tertiary/aromatic N) is 2. The fraction of sp³-hybridized carbons (Fsp3) is 0.550. The molecule has 0 fully saturated rings. The molecule has 5 heteroatoms. The first-order valence-corrected chi connectivity index (χ1v) is 8.59. The van der Waals surface area contributed by atoms with Crippen molar-refractivity contribution in [1.82, 2.24) is 9.55 Å². The van der Waals surface area contributed by atoms with Gasteiger partial charge in [0.1, 0.15) is 18.2 Å². The lowest BCUT2D eigenvalue weighted by Crippen LogP contribution is -2.19. The predicted molar refractivity (Wildman–Crippen MR) is 104 cm³/mol. The molecule has 1 aromatic heterocycles. The van der Waals surface area contributed by atoms with Gasteiger partial charge in [-0.05, 0) is 23.0 Å². The molecule has 25 heavy (non-hydrogen) atoms. The standard InChI is InChI=1S/C20H28N2O2.ClH/c1-19(2,3)14-9-13(10-15(18(14)23)20(4,5)6)16-11-21-17-12-24-8-7-22(16)17;/h9-11,23H,7-8,12H2,1-6H3;1H. The molecular weight excluding hydrogens is 336 g/mol. The van der Waals surface area contributed by atoms with Crippen LogP contribution >= 0.6 is 12.4 Å². The molecule has 0 saturated carbocycles. The lowest BCUT2D eigenvalue weighted by atomic mass is 9.78. The van der Waals surface area contributed by atoms with Gasteiger partial charge in [0.05, 0.1) is 18.5 Å². The summed E-state index contributed by atoms with van der Waals surface area (Å²) in [5.41, 5.74) is 3.91. The van der Waals surface area contributed by atoms with Crippen LogP contribution in [0, 0.1) is 0 Å². The number of ether oxygens (including phenoxy) is 1. The van der Waals surface area contributed by atoms with Crippen molar-refractivity contribution in [2.24, 2.45) is 0 Å². The first-order chi connectivity index (χ1) is 11.1. The third-order valence-electron chi connectivity index (χ3n) is 4.65. The van der Waals surface area contributed by atoms with Crippen molar-refractivity contribution in [3.8, 4) is 17.0 Å². The van der Waals surface area contributed by atoms with Crippen molar-refractivity contribution in [1.29, 1.82) is 0 Å². The second-order valence-corrected chi connectivity index (χ2v) is 8.68. The van der Waals surface area contributed by atoms with E-state index in [2.05, 4.69) is 63.2 Å². The van der Waals surface area contributed by atoms with Gasteiger partial charge in [0.15, 0.2) is 0 Å². The molecule has 4 nitrogen and oxygen atoms in total. The third-order valence-corrected chi connectivity index (χ3v) is 4.65. The Morgan fingerprint density at radius 2 is 1.60 bits per heavy atom. The Hall–Kier alpha value is -1.52. The van der Waals surface area contributed by atoms with Gasteiger partial charge in [0.2, 0.25) is 0 Å².